The summed E-state index contributed by atoms with van der Waals surface area (Å²) in [5.74, 6) is 0. The maximum atomic E-state index is 11.2. The smallest absolute Gasteiger partial charge is 0.282 e. The quantitative estimate of drug-likeness (QED) is 0.486. The Morgan fingerprint density at radius 2 is 1.82 bits per heavy atom. The number of nitro groups is 1. The molecule has 1 aromatic carbocycles. The largest absolute Gasteiger partial charge is 0.292 e. The number of hydrogen-bond acceptors (Lipinski definition) is 4. The van der Waals surface area contributed by atoms with E-state index in [-0.39, 0.29) is 12.3 Å². The van der Waals surface area contributed by atoms with E-state index in [9.17, 15) is 14.3 Å². The molecule has 0 aliphatic heterocycles. The molecule has 1 rings (SSSR count). The lowest BCUT2D eigenvalue weighted by Crippen LogP contribution is -2.14. The highest BCUT2D eigenvalue weighted by Gasteiger charge is 2.30. The maximum absolute atomic E-state index is 11.2. The third kappa shape index (κ3) is 4.77. The molecular weight excluding hydrogens is 313 g/mol. The Balaban J connectivity index is 2.59. The van der Waals surface area contributed by atoms with E-state index in [1.807, 2.05) is 0 Å². The van der Waals surface area contributed by atoms with Gasteiger partial charge in [-0.3, -0.25) is 14.3 Å². The molecule has 0 fully saturated rings. The van der Waals surface area contributed by atoms with Crippen molar-refractivity contribution < 1.29 is 13.3 Å². The van der Waals surface area contributed by atoms with Gasteiger partial charge in [0.2, 0.25) is 11.1 Å². The molecule has 1 atom stereocenters. The summed E-state index contributed by atoms with van der Waals surface area (Å²) >= 11 is 13.9. The Bertz CT molecular complexity index is 431. The molecule has 0 saturated heterocycles. The zero-order chi connectivity index (χ0) is 13.1. The topological polar surface area (TPSA) is 69.4 Å². The monoisotopic (exact) mass is 317 g/mol. The number of halogens is 3. The minimum absolute atomic E-state index is 0.0451. The Kier molecular flexibility index (Phi) is 5.15. The van der Waals surface area contributed by atoms with Crippen molar-refractivity contribution in [1.82, 2.24) is 0 Å². The second kappa shape index (κ2) is 5.97. The molecule has 0 aliphatic carbocycles. The maximum Gasteiger partial charge on any atom is 0.292 e. The highest BCUT2D eigenvalue weighted by molar-refractivity contribution is 7.86. The zero-order valence-corrected chi connectivity index (χ0v) is 11.2. The first-order valence-electron chi connectivity index (χ1n) is 4.16. The fourth-order valence-electron chi connectivity index (χ4n) is 0.902. The van der Waals surface area contributed by atoms with E-state index >= 15 is 0 Å². The Labute approximate surface area is 114 Å². The SMILES string of the molecule is O=[N+]([O-])c1ccc(COS(=O)C(Cl)(Cl)Cl)cc1. The molecular formula is C8H6Cl3NO4S. The van der Waals surface area contributed by atoms with E-state index in [2.05, 4.69) is 0 Å². The number of benzene rings is 1. The van der Waals surface area contributed by atoms with Gasteiger partial charge in [0.15, 0.2) is 0 Å². The summed E-state index contributed by atoms with van der Waals surface area (Å²) in [6.45, 7) is -0.0709. The molecule has 0 bridgehead atoms. The lowest BCUT2D eigenvalue weighted by atomic mass is 10.2. The van der Waals surface area contributed by atoms with Crippen molar-refractivity contribution in [2.45, 2.75) is 9.73 Å². The van der Waals surface area contributed by atoms with Crippen molar-refractivity contribution in [3.05, 3.63) is 39.9 Å². The minimum atomic E-state index is -2.09. The van der Waals surface area contributed by atoms with Gasteiger partial charge in [0.25, 0.3) is 8.81 Å². The van der Waals surface area contributed by atoms with E-state index in [1.54, 1.807) is 0 Å². The summed E-state index contributed by atoms with van der Waals surface area (Å²) in [6, 6.07) is 5.54. The van der Waals surface area contributed by atoms with E-state index in [1.165, 1.54) is 24.3 Å². The van der Waals surface area contributed by atoms with Crippen LogP contribution in [-0.2, 0) is 21.9 Å². The Hall–Kier alpha value is -0.400. The third-order valence-corrected chi connectivity index (χ3v) is 3.51. The van der Waals surface area contributed by atoms with Crippen LogP contribution in [0.4, 0.5) is 5.69 Å². The fraction of sp³-hybridized carbons (Fsp3) is 0.250. The highest BCUT2D eigenvalue weighted by atomic mass is 35.6. The predicted molar refractivity (Wildman–Crippen MR) is 66.3 cm³/mol. The van der Waals surface area contributed by atoms with Crippen molar-refractivity contribution in [3.8, 4) is 0 Å². The minimum Gasteiger partial charge on any atom is -0.282 e. The average molecular weight is 319 g/mol. The predicted octanol–water partition coefficient (Wildman–Crippen LogP) is 3.10. The van der Waals surface area contributed by atoms with Gasteiger partial charge in [-0.15, -0.1) is 0 Å². The van der Waals surface area contributed by atoms with Gasteiger partial charge in [0.1, 0.15) is 0 Å². The molecule has 0 amide bonds. The third-order valence-electron chi connectivity index (χ3n) is 1.67. The van der Waals surface area contributed by atoms with E-state index in [0.29, 0.717) is 5.56 Å². The van der Waals surface area contributed by atoms with E-state index in [4.69, 9.17) is 39.0 Å². The lowest BCUT2D eigenvalue weighted by molar-refractivity contribution is -0.384. The van der Waals surface area contributed by atoms with Gasteiger partial charge in [-0.05, 0) is 17.7 Å². The lowest BCUT2D eigenvalue weighted by Gasteiger charge is -2.09. The molecule has 1 aromatic rings. The van der Waals surface area contributed by atoms with Gasteiger partial charge in [0, 0.05) is 12.1 Å². The summed E-state index contributed by atoms with van der Waals surface area (Å²) in [5.41, 5.74) is 0.537. The second-order valence-electron chi connectivity index (χ2n) is 2.87. The second-order valence-corrected chi connectivity index (χ2v) is 7.14. The number of rotatable bonds is 4. The van der Waals surface area contributed by atoms with Crippen LogP contribution in [0.3, 0.4) is 0 Å². The van der Waals surface area contributed by atoms with Crippen LogP contribution in [0.15, 0.2) is 24.3 Å². The molecule has 0 radical (unpaired) electrons. The Morgan fingerprint density at radius 3 is 2.24 bits per heavy atom. The average Bonchev–Trinajstić information content (AvgIpc) is 2.25. The van der Waals surface area contributed by atoms with Crippen LogP contribution in [0, 0.1) is 10.1 Å². The summed E-state index contributed by atoms with van der Waals surface area (Å²) in [5, 5.41) is 10.4. The summed E-state index contributed by atoms with van der Waals surface area (Å²) in [6.07, 6.45) is 0. The number of nitrogens with zero attached hydrogens (tertiary/aromatic N) is 1. The molecule has 0 saturated carbocycles. The van der Waals surface area contributed by atoms with Crippen LogP contribution in [0.5, 0.6) is 0 Å². The normalized spacial score (nSPS) is 13.4. The summed E-state index contributed by atoms with van der Waals surface area (Å²) < 4.78 is 14.0. The van der Waals surface area contributed by atoms with E-state index < -0.39 is 19.1 Å². The first kappa shape index (κ1) is 14.7. The van der Waals surface area contributed by atoms with Crippen LogP contribution in [0.2, 0.25) is 0 Å². The van der Waals surface area contributed by atoms with Crippen LogP contribution in [-0.4, -0.2) is 12.3 Å². The van der Waals surface area contributed by atoms with Crippen LogP contribution in [0.25, 0.3) is 0 Å². The van der Waals surface area contributed by atoms with Crippen molar-refractivity contribution in [3.63, 3.8) is 0 Å². The zero-order valence-electron chi connectivity index (χ0n) is 8.14. The van der Waals surface area contributed by atoms with Crippen LogP contribution in [0.1, 0.15) is 5.56 Å². The van der Waals surface area contributed by atoms with Gasteiger partial charge < -0.3 is 0 Å². The first-order chi connectivity index (χ1) is 7.80. The molecule has 0 aromatic heterocycles. The van der Waals surface area contributed by atoms with Crippen molar-refractivity contribution >= 4 is 51.6 Å². The van der Waals surface area contributed by atoms with Gasteiger partial charge in [-0.25, -0.2) is 4.21 Å². The van der Waals surface area contributed by atoms with Crippen LogP contribution >= 0.6 is 34.8 Å². The molecule has 17 heavy (non-hydrogen) atoms. The van der Waals surface area contributed by atoms with E-state index in [0.717, 1.165) is 0 Å². The van der Waals surface area contributed by atoms with Gasteiger partial charge in [-0.1, -0.05) is 34.8 Å². The number of non-ortho nitro benzene ring substituents is 1. The molecule has 0 N–H and O–H groups in total. The fourth-order valence-corrected chi connectivity index (χ4v) is 1.68. The van der Waals surface area contributed by atoms with Gasteiger partial charge >= 0.3 is 0 Å². The van der Waals surface area contributed by atoms with Gasteiger partial charge in [0.05, 0.1) is 11.5 Å². The summed E-state index contributed by atoms with van der Waals surface area (Å²) in [4.78, 5) is 9.86. The number of nitro benzene ring substituents is 1. The van der Waals surface area contributed by atoms with Crippen LogP contribution < -0.4 is 0 Å². The molecule has 94 valence electrons. The molecule has 0 heterocycles. The number of hydrogen-bond donors (Lipinski definition) is 0. The van der Waals surface area contributed by atoms with Crippen molar-refractivity contribution in [1.29, 1.82) is 0 Å². The van der Waals surface area contributed by atoms with Gasteiger partial charge in [-0.2, -0.15) is 0 Å². The highest BCUT2D eigenvalue weighted by Crippen LogP contribution is 2.31. The summed E-state index contributed by atoms with van der Waals surface area (Å²) in [7, 11) is 0. The Morgan fingerprint density at radius 1 is 1.29 bits per heavy atom. The molecule has 1 unspecified atom stereocenters. The molecule has 0 aliphatic rings. The first-order valence-corrected chi connectivity index (χ1v) is 6.37. The van der Waals surface area contributed by atoms with Crippen molar-refractivity contribution in [2.24, 2.45) is 0 Å². The van der Waals surface area contributed by atoms with Crippen molar-refractivity contribution in [2.75, 3.05) is 0 Å². The standard InChI is InChI=1S/C8H6Cl3NO4S/c9-8(10,11)17(15)16-5-6-1-3-7(4-2-6)12(13)14/h1-4H,5H2. The molecule has 9 heteroatoms. The number of alkyl halides is 3. The molecule has 5 nitrogen and oxygen atoms in total. The molecule has 0 spiro atoms.